The molecule has 1 atom stereocenters. The Hall–Kier alpha value is -4.23. The third-order valence-corrected chi connectivity index (χ3v) is 6.41. The molecule has 1 aromatic heterocycles. The molecule has 4 rings (SSSR count). The maximum atomic E-state index is 13.3. The molecule has 0 aliphatic carbocycles. The van der Waals surface area contributed by atoms with Crippen LogP contribution < -0.4 is 15.2 Å². The normalized spacial score (nSPS) is 15.3. The molecule has 9 nitrogen and oxygen atoms in total. The van der Waals surface area contributed by atoms with Crippen molar-refractivity contribution in [2.75, 3.05) is 26.6 Å². The number of nitrogens with two attached hydrogens (primary N) is 1. The number of nitrogens with zero attached hydrogens (tertiary/aromatic N) is 3. The molecule has 0 saturated heterocycles. The fraction of sp³-hybridized carbons (Fsp3) is 0.231. The Balaban J connectivity index is 1.81. The first-order valence-electron chi connectivity index (χ1n) is 11.1. The molecular weight excluding hydrogens is 480 g/mol. The van der Waals surface area contributed by atoms with E-state index >= 15 is 0 Å². The highest BCUT2D eigenvalue weighted by Gasteiger charge is 2.39. The number of rotatable bonds is 8. The number of esters is 1. The maximum absolute atomic E-state index is 13.3. The number of carbonyl (C=O) groups excluding carboxylic acids is 1. The van der Waals surface area contributed by atoms with Crippen molar-refractivity contribution < 1.29 is 23.7 Å². The average Bonchev–Trinajstić information content (AvgIpc) is 2.90. The molecule has 1 unspecified atom stereocenters. The van der Waals surface area contributed by atoms with Crippen LogP contribution in [0.2, 0.25) is 0 Å². The van der Waals surface area contributed by atoms with Crippen LogP contribution in [0, 0.1) is 11.3 Å². The number of benzene rings is 2. The second-order valence-corrected chi connectivity index (χ2v) is 8.55. The number of hydrogen-bond donors (Lipinski definition) is 1. The van der Waals surface area contributed by atoms with Gasteiger partial charge in [-0.2, -0.15) is 5.26 Å². The van der Waals surface area contributed by atoms with Crippen molar-refractivity contribution in [1.29, 1.82) is 5.26 Å². The van der Waals surface area contributed by atoms with E-state index in [4.69, 9.17) is 24.7 Å². The smallest absolute Gasteiger partial charge is 0.338 e. The van der Waals surface area contributed by atoms with Crippen LogP contribution in [0.1, 0.15) is 18.4 Å². The van der Waals surface area contributed by atoms with Crippen LogP contribution in [0.3, 0.4) is 0 Å². The summed E-state index contributed by atoms with van der Waals surface area (Å²) in [5, 5.41) is 10.6. The molecule has 0 spiro atoms. The highest BCUT2D eigenvalue weighted by molar-refractivity contribution is 7.99. The first kappa shape index (κ1) is 24.9. The number of aromatic nitrogens is 2. The van der Waals surface area contributed by atoms with E-state index < -0.39 is 11.9 Å². The summed E-state index contributed by atoms with van der Waals surface area (Å²) in [7, 11) is 3.00. The van der Waals surface area contributed by atoms with Gasteiger partial charge < -0.3 is 24.7 Å². The van der Waals surface area contributed by atoms with Gasteiger partial charge in [-0.1, -0.05) is 36.0 Å². The number of nitriles is 1. The van der Waals surface area contributed by atoms with Crippen molar-refractivity contribution >= 4 is 28.8 Å². The second-order valence-electron chi connectivity index (χ2n) is 7.55. The number of hydrogen-bond acceptors (Lipinski definition) is 10. The van der Waals surface area contributed by atoms with E-state index in [1.54, 1.807) is 31.3 Å². The quantitative estimate of drug-likeness (QED) is 0.354. The molecule has 0 bridgehead atoms. The Morgan fingerprint density at radius 3 is 2.64 bits per heavy atom. The zero-order chi connectivity index (χ0) is 25.7. The Morgan fingerprint density at radius 1 is 1.17 bits per heavy atom. The summed E-state index contributed by atoms with van der Waals surface area (Å²) in [4.78, 5) is 22.3. The summed E-state index contributed by atoms with van der Waals surface area (Å²) in [6.45, 7) is 1.85. The molecule has 3 aromatic rings. The lowest BCUT2D eigenvalue weighted by atomic mass is 9.82. The minimum Gasteiger partial charge on any atom is -0.493 e. The zero-order valence-electron chi connectivity index (χ0n) is 20.0. The second kappa shape index (κ2) is 11.0. The lowest BCUT2D eigenvalue weighted by Crippen LogP contribution is -2.27. The van der Waals surface area contributed by atoms with Gasteiger partial charge in [0.2, 0.25) is 5.88 Å². The molecule has 1 aliphatic rings. The van der Waals surface area contributed by atoms with E-state index in [9.17, 15) is 10.1 Å². The number of methoxy groups -OCH3 is 2. The first-order chi connectivity index (χ1) is 17.5. The van der Waals surface area contributed by atoms with Crippen molar-refractivity contribution in [1.82, 2.24) is 9.97 Å². The van der Waals surface area contributed by atoms with Gasteiger partial charge in [-0.05, 0) is 25.1 Å². The number of ether oxygens (including phenoxy) is 4. The van der Waals surface area contributed by atoms with Gasteiger partial charge >= 0.3 is 5.97 Å². The van der Waals surface area contributed by atoms with Gasteiger partial charge in [0.05, 0.1) is 55.3 Å². The van der Waals surface area contributed by atoms with Crippen molar-refractivity contribution in [3.8, 4) is 17.6 Å². The molecule has 0 fully saturated rings. The molecule has 0 amide bonds. The zero-order valence-corrected chi connectivity index (χ0v) is 20.8. The van der Waals surface area contributed by atoms with E-state index in [2.05, 4.69) is 16.0 Å². The highest BCUT2D eigenvalue weighted by atomic mass is 32.2. The predicted molar refractivity (Wildman–Crippen MR) is 134 cm³/mol. The van der Waals surface area contributed by atoms with Crippen molar-refractivity contribution in [3.63, 3.8) is 0 Å². The minimum absolute atomic E-state index is 0.0730. The molecule has 2 N–H and O–H groups in total. The molecule has 10 heteroatoms. The summed E-state index contributed by atoms with van der Waals surface area (Å²) in [6.07, 6.45) is 1.66. The number of allylic oxidation sites excluding steroid dienone is 1. The average molecular weight is 505 g/mol. The molecule has 0 radical (unpaired) electrons. The third-order valence-electron chi connectivity index (χ3n) is 5.51. The summed E-state index contributed by atoms with van der Waals surface area (Å²) in [5.74, 6) is -0.312. The Kier molecular flexibility index (Phi) is 7.61. The van der Waals surface area contributed by atoms with E-state index in [-0.39, 0.29) is 35.1 Å². The summed E-state index contributed by atoms with van der Waals surface area (Å²) < 4.78 is 22.2. The van der Waals surface area contributed by atoms with Gasteiger partial charge in [-0.25, -0.2) is 9.78 Å². The largest absolute Gasteiger partial charge is 0.493 e. The van der Waals surface area contributed by atoms with E-state index in [1.165, 1.54) is 26.0 Å². The highest BCUT2D eigenvalue weighted by Crippen LogP contribution is 2.46. The topological polar surface area (TPSA) is 130 Å². The predicted octanol–water partition coefficient (Wildman–Crippen LogP) is 4.06. The van der Waals surface area contributed by atoms with Gasteiger partial charge in [0.1, 0.15) is 22.4 Å². The fourth-order valence-corrected chi connectivity index (χ4v) is 4.74. The van der Waals surface area contributed by atoms with Crippen molar-refractivity contribution in [2.24, 2.45) is 5.73 Å². The SMILES string of the molecule is CCOC(=O)C1=C(CSc2cnc3ccccc3n2)OC(N)=C(C#N)C1c1cccc(OC)c1OC. The molecule has 0 saturated carbocycles. The number of fused-ring (bicyclic) bond motifs is 1. The summed E-state index contributed by atoms with van der Waals surface area (Å²) in [5.41, 5.74) is 8.47. The monoisotopic (exact) mass is 504 g/mol. The Bertz CT molecular complexity index is 1410. The molecule has 36 heavy (non-hydrogen) atoms. The van der Waals surface area contributed by atoms with Gasteiger partial charge in [0, 0.05) is 5.56 Å². The standard InChI is InChI=1S/C26H24N4O5S/c1-4-34-26(31)23-20(14-36-21-13-29-17-9-5-6-10-18(17)30-21)35-25(28)16(12-27)22(23)15-8-7-11-19(32-2)24(15)33-3/h5-11,13,22H,4,14,28H2,1-3H3. The van der Waals surface area contributed by atoms with Crippen LogP contribution in [-0.2, 0) is 14.3 Å². The van der Waals surface area contributed by atoms with Crippen LogP contribution in [0.4, 0.5) is 0 Å². The Morgan fingerprint density at radius 2 is 1.94 bits per heavy atom. The van der Waals surface area contributed by atoms with E-state index in [0.717, 1.165) is 11.0 Å². The number of carbonyl (C=O) groups is 1. The molecule has 184 valence electrons. The van der Waals surface area contributed by atoms with Gasteiger partial charge in [0.25, 0.3) is 0 Å². The molecule has 2 heterocycles. The van der Waals surface area contributed by atoms with E-state index in [1.807, 2.05) is 24.3 Å². The van der Waals surface area contributed by atoms with Crippen LogP contribution in [0.15, 0.2) is 76.5 Å². The van der Waals surface area contributed by atoms with Crippen molar-refractivity contribution in [3.05, 3.63) is 77.0 Å². The number of para-hydroxylation sites is 3. The van der Waals surface area contributed by atoms with Crippen LogP contribution >= 0.6 is 11.8 Å². The van der Waals surface area contributed by atoms with Crippen molar-refractivity contribution in [2.45, 2.75) is 17.9 Å². The molecule has 1 aliphatic heterocycles. The van der Waals surface area contributed by atoms with Gasteiger partial charge in [-0.15, -0.1) is 0 Å². The van der Waals surface area contributed by atoms with Crippen LogP contribution in [-0.4, -0.2) is 42.5 Å². The Labute approximate surface area is 212 Å². The maximum Gasteiger partial charge on any atom is 0.338 e. The first-order valence-corrected chi connectivity index (χ1v) is 12.0. The lowest BCUT2D eigenvalue weighted by molar-refractivity contribution is -0.139. The number of thioether (sulfide) groups is 1. The summed E-state index contributed by atoms with van der Waals surface area (Å²) in [6, 6.07) is 14.9. The lowest BCUT2D eigenvalue weighted by Gasteiger charge is -2.29. The molecular formula is C26H24N4O5S. The fourth-order valence-electron chi connectivity index (χ4n) is 3.96. The molecule has 2 aromatic carbocycles. The van der Waals surface area contributed by atoms with E-state index in [0.29, 0.717) is 22.1 Å². The third kappa shape index (κ3) is 4.78. The van der Waals surface area contributed by atoms with Gasteiger partial charge in [-0.3, -0.25) is 4.98 Å². The minimum atomic E-state index is -0.883. The van der Waals surface area contributed by atoms with Gasteiger partial charge in [0.15, 0.2) is 11.5 Å². The van der Waals surface area contributed by atoms with Crippen LogP contribution in [0.5, 0.6) is 11.5 Å². The van der Waals surface area contributed by atoms with Crippen LogP contribution in [0.25, 0.3) is 11.0 Å². The summed E-state index contributed by atoms with van der Waals surface area (Å²) >= 11 is 1.33.